The van der Waals surface area contributed by atoms with Crippen molar-refractivity contribution < 1.29 is 4.79 Å². The third kappa shape index (κ3) is 3.59. The summed E-state index contributed by atoms with van der Waals surface area (Å²) in [6.45, 7) is 1.71. The lowest BCUT2D eigenvalue weighted by Crippen LogP contribution is -2.45. The first-order chi connectivity index (χ1) is 14.8. The highest BCUT2D eigenvalue weighted by Gasteiger charge is 2.22. The number of nitrogens with zero attached hydrogens (tertiary/aromatic N) is 6. The van der Waals surface area contributed by atoms with Crippen LogP contribution in [0.2, 0.25) is 0 Å². The minimum Gasteiger partial charge on any atom is -0.355 e. The van der Waals surface area contributed by atoms with Crippen LogP contribution in [0, 0.1) is 0 Å². The second-order valence-corrected chi connectivity index (χ2v) is 7.34. The molecule has 1 fully saturated rings. The molecule has 0 radical (unpaired) electrons. The molecule has 1 aliphatic heterocycles. The minimum atomic E-state index is -0.0400. The van der Waals surface area contributed by atoms with Gasteiger partial charge in [-0.3, -0.25) is 14.2 Å². The maximum Gasteiger partial charge on any atom is 0.251 e. The molecule has 1 aliphatic rings. The number of piperidine rings is 1. The van der Waals surface area contributed by atoms with Gasteiger partial charge in [-0.1, -0.05) is 12.1 Å². The van der Waals surface area contributed by atoms with Crippen LogP contribution in [0.1, 0.15) is 23.2 Å². The van der Waals surface area contributed by atoms with Crippen molar-refractivity contribution >= 4 is 17.4 Å². The molecule has 0 bridgehead atoms. The van der Waals surface area contributed by atoms with Gasteiger partial charge in [0.1, 0.15) is 0 Å². The smallest absolute Gasteiger partial charge is 0.251 e. The number of rotatable bonds is 4. The maximum atomic E-state index is 12.7. The largest absolute Gasteiger partial charge is 0.355 e. The van der Waals surface area contributed by atoms with Crippen LogP contribution in [-0.4, -0.2) is 49.6 Å². The summed E-state index contributed by atoms with van der Waals surface area (Å²) in [5.41, 5.74) is 3.42. The molecular weight excluding hydrogens is 378 g/mol. The standard InChI is InChI=1S/C22H21N7O/c30-22(26-18-7-11-28(12-8-18)20-2-1-9-25-27-20)17-5-3-16(4-6-17)19-14-24-21-15-23-10-13-29(19)21/h1-6,9-10,13-15,18H,7-8,11-12H2,(H,26,30). The molecule has 150 valence electrons. The van der Waals surface area contributed by atoms with Crippen LogP contribution in [0.5, 0.6) is 0 Å². The molecule has 5 rings (SSSR count). The monoisotopic (exact) mass is 399 g/mol. The zero-order valence-electron chi connectivity index (χ0n) is 16.3. The van der Waals surface area contributed by atoms with Gasteiger partial charge in [0.25, 0.3) is 5.91 Å². The molecule has 1 aromatic carbocycles. The first-order valence-corrected chi connectivity index (χ1v) is 9.99. The average molecular weight is 399 g/mol. The van der Waals surface area contributed by atoms with Crippen LogP contribution in [0.4, 0.5) is 5.82 Å². The summed E-state index contributed by atoms with van der Waals surface area (Å²) in [4.78, 5) is 23.4. The Kier molecular flexibility index (Phi) is 4.80. The lowest BCUT2D eigenvalue weighted by atomic mass is 10.0. The molecule has 3 aromatic heterocycles. The van der Waals surface area contributed by atoms with E-state index in [1.807, 2.05) is 53.2 Å². The molecule has 0 spiro atoms. The molecule has 0 unspecified atom stereocenters. The first-order valence-electron chi connectivity index (χ1n) is 9.99. The van der Waals surface area contributed by atoms with Crippen LogP contribution in [0.25, 0.3) is 16.9 Å². The SMILES string of the molecule is O=C(NC1CCN(c2cccnn2)CC1)c1ccc(-c2cnc3cnccn23)cc1. The van der Waals surface area contributed by atoms with E-state index in [9.17, 15) is 4.79 Å². The van der Waals surface area contributed by atoms with E-state index < -0.39 is 0 Å². The number of hydrogen-bond donors (Lipinski definition) is 1. The summed E-state index contributed by atoms with van der Waals surface area (Å²) in [5.74, 6) is 0.850. The molecule has 8 heteroatoms. The Bertz CT molecular complexity index is 1150. The highest BCUT2D eigenvalue weighted by Crippen LogP contribution is 2.21. The van der Waals surface area contributed by atoms with Crippen molar-refractivity contribution in [2.24, 2.45) is 0 Å². The quantitative estimate of drug-likeness (QED) is 0.567. The predicted molar refractivity (Wildman–Crippen MR) is 113 cm³/mol. The number of hydrogen-bond acceptors (Lipinski definition) is 6. The third-order valence-electron chi connectivity index (χ3n) is 5.47. The zero-order chi connectivity index (χ0) is 20.3. The molecule has 1 saturated heterocycles. The van der Waals surface area contributed by atoms with E-state index in [-0.39, 0.29) is 11.9 Å². The number of aromatic nitrogens is 5. The molecule has 4 heterocycles. The van der Waals surface area contributed by atoms with Crippen molar-refractivity contribution in [3.8, 4) is 11.3 Å². The molecule has 4 aromatic rings. The number of anilines is 1. The van der Waals surface area contributed by atoms with Crippen molar-refractivity contribution in [1.29, 1.82) is 0 Å². The number of imidazole rings is 1. The fourth-order valence-corrected chi connectivity index (χ4v) is 3.83. The topological polar surface area (TPSA) is 88.3 Å². The van der Waals surface area contributed by atoms with Crippen LogP contribution >= 0.6 is 0 Å². The van der Waals surface area contributed by atoms with Crippen LogP contribution in [0.3, 0.4) is 0 Å². The van der Waals surface area contributed by atoms with Gasteiger partial charge in [0, 0.05) is 48.8 Å². The number of carbonyl (C=O) groups excluding carboxylic acids is 1. The molecular formula is C22H21N7O. The molecule has 8 nitrogen and oxygen atoms in total. The summed E-state index contributed by atoms with van der Waals surface area (Å²) in [5, 5.41) is 11.3. The summed E-state index contributed by atoms with van der Waals surface area (Å²) in [7, 11) is 0. The zero-order valence-corrected chi connectivity index (χ0v) is 16.3. The lowest BCUT2D eigenvalue weighted by Gasteiger charge is -2.32. The van der Waals surface area contributed by atoms with Gasteiger partial charge in [0.05, 0.1) is 18.1 Å². The summed E-state index contributed by atoms with van der Waals surface area (Å²) >= 11 is 0. The minimum absolute atomic E-state index is 0.0400. The Morgan fingerprint density at radius 1 is 1.03 bits per heavy atom. The maximum absolute atomic E-state index is 12.7. The Hall–Kier alpha value is -3.81. The Labute approximate surface area is 173 Å². The number of benzene rings is 1. The normalized spacial score (nSPS) is 14.7. The summed E-state index contributed by atoms with van der Waals surface area (Å²) < 4.78 is 1.98. The average Bonchev–Trinajstić information content (AvgIpc) is 3.24. The van der Waals surface area contributed by atoms with Gasteiger partial charge in [-0.25, -0.2) is 4.98 Å². The van der Waals surface area contributed by atoms with Gasteiger partial charge < -0.3 is 10.2 Å². The molecule has 0 aliphatic carbocycles. The van der Waals surface area contributed by atoms with Gasteiger partial charge in [0.2, 0.25) is 0 Å². The second kappa shape index (κ2) is 7.90. The lowest BCUT2D eigenvalue weighted by molar-refractivity contribution is 0.0931. The number of nitrogens with one attached hydrogen (secondary N) is 1. The van der Waals surface area contributed by atoms with E-state index >= 15 is 0 Å². The van der Waals surface area contributed by atoms with E-state index in [4.69, 9.17) is 0 Å². The van der Waals surface area contributed by atoms with Crippen molar-refractivity contribution in [3.05, 3.63) is 72.9 Å². The van der Waals surface area contributed by atoms with Crippen molar-refractivity contribution in [2.75, 3.05) is 18.0 Å². The Balaban J connectivity index is 1.22. The van der Waals surface area contributed by atoms with Crippen molar-refractivity contribution in [3.63, 3.8) is 0 Å². The Morgan fingerprint density at radius 2 is 1.87 bits per heavy atom. The van der Waals surface area contributed by atoms with E-state index in [1.165, 1.54) is 0 Å². The van der Waals surface area contributed by atoms with E-state index in [0.29, 0.717) is 5.56 Å². The fourth-order valence-electron chi connectivity index (χ4n) is 3.83. The summed E-state index contributed by atoms with van der Waals surface area (Å²) in [6.07, 6.45) is 10.6. The first kappa shape index (κ1) is 18.2. The van der Waals surface area contributed by atoms with Crippen LogP contribution < -0.4 is 10.2 Å². The molecule has 0 saturated carbocycles. The van der Waals surface area contributed by atoms with Gasteiger partial charge in [0.15, 0.2) is 11.5 Å². The van der Waals surface area contributed by atoms with Crippen LogP contribution in [0.15, 0.2) is 67.4 Å². The third-order valence-corrected chi connectivity index (χ3v) is 5.47. The van der Waals surface area contributed by atoms with E-state index in [2.05, 4.69) is 30.4 Å². The molecule has 0 atom stereocenters. The van der Waals surface area contributed by atoms with Gasteiger partial charge in [-0.2, -0.15) is 5.10 Å². The highest BCUT2D eigenvalue weighted by molar-refractivity contribution is 5.94. The molecule has 1 N–H and O–H groups in total. The summed E-state index contributed by atoms with van der Waals surface area (Å²) in [6, 6.07) is 11.7. The van der Waals surface area contributed by atoms with Gasteiger partial charge in [-0.15, -0.1) is 5.10 Å². The second-order valence-electron chi connectivity index (χ2n) is 7.34. The van der Waals surface area contributed by atoms with E-state index in [1.54, 1.807) is 18.6 Å². The van der Waals surface area contributed by atoms with Crippen molar-refractivity contribution in [2.45, 2.75) is 18.9 Å². The van der Waals surface area contributed by atoms with Crippen molar-refractivity contribution in [1.82, 2.24) is 29.9 Å². The number of fused-ring (bicyclic) bond motifs is 1. The van der Waals surface area contributed by atoms with E-state index in [0.717, 1.165) is 48.7 Å². The number of amides is 1. The van der Waals surface area contributed by atoms with Crippen LogP contribution in [-0.2, 0) is 0 Å². The predicted octanol–water partition coefficient (Wildman–Crippen LogP) is 2.59. The Morgan fingerprint density at radius 3 is 2.63 bits per heavy atom. The fraction of sp³-hybridized carbons (Fsp3) is 0.227. The number of carbonyl (C=O) groups is 1. The highest BCUT2D eigenvalue weighted by atomic mass is 16.1. The molecule has 1 amide bonds. The molecule has 30 heavy (non-hydrogen) atoms. The van der Waals surface area contributed by atoms with Gasteiger partial charge in [-0.05, 0) is 37.1 Å². The van der Waals surface area contributed by atoms with Gasteiger partial charge >= 0.3 is 0 Å².